The normalized spacial score (nSPS) is 23.0. The number of hydrogen-bond acceptors (Lipinski definition) is 3. The minimum Gasteiger partial charge on any atom is -0.476 e. The van der Waals surface area contributed by atoms with Gasteiger partial charge in [-0.15, -0.1) is 0 Å². The summed E-state index contributed by atoms with van der Waals surface area (Å²) in [7, 11) is 0. The zero-order valence-electron chi connectivity index (χ0n) is 10.5. The fourth-order valence-electron chi connectivity index (χ4n) is 3.09. The van der Waals surface area contributed by atoms with Crippen molar-refractivity contribution in [1.82, 2.24) is 14.9 Å². The molecule has 0 bridgehead atoms. The van der Waals surface area contributed by atoms with Crippen LogP contribution in [0.25, 0.3) is 0 Å². The van der Waals surface area contributed by atoms with Gasteiger partial charge in [0.1, 0.15) is 5.82 Å². The molecule has 0 saturated carbocycles. The second-order valence-corrected chi connectivity index (χ2v) is 5.30. The Balaban J connectivity index is 1.90. The summed E-state index contributed by atoms with van der Waals surface area (Å²) in [6.07, 6.45) is 5.16. The Hall–Kier alpha value is -1.36. The zero-order valence-corrected chi connectivity index (χ0v) is 10.5. The number of nitrogens with one attached hydrogen (secondary N) is 1. The second-order valence-electron chi connectivity index (χ2n) is 5.30. The van der Waals surface area contributed by atoms with Crippen LogP contribution in [0.3, 0.4) is 0 Å². The molecule has 1 aromatic rings. The molecule has 1 aromatic heterocycles. The minimum absolute atomic E-state index is 0.288. The first-order chi connectivity index (χ1) is 8.75. The first-order valence-corrected chi connectivity index (χ1v) is 6.78. The second kappa shape index (κ2) is 4.72. The highest BCUT2D eigenvalue weighted by molar-refractivity contribution is 5.86. The van der Waals surface area contributed by atoms with Gasteiger partial charge in [-0.05, 0) is 44.7 Å². The van der Waals surface area contributed by atoms with Crippen LogP contribution >= 0.6 is 0 Å². The van der Waals surface area contributed by atoms with Crippen molar-refractivity contribution in [3.05, 3.63) is 17.2 Å². The lowest BCUT2D eigenvalue weighted by molar-refractivity contribution is 0.0689. The van der Waals surface area contributed by atoms with Crippen LogP contribution in [-0.4, -0.2) is 33.7 Å². The lowest BCUT2D eigenvalue weighted by Crippen LogP contribution is -2.17. The molecular weight excluding hydrogens is 230 g/mol. The number of aromatic carboxylic acids is 1. The van der Waals surface area contributed by atoms with E-state index in [1.165, 1.54) is 6.42 Å². The van der Waals surface area contributed by atoms with Gasteiger partial charge in [-0.1, -0.05) is 0 Å². The van der Waals surface area contributed by atoms with Gasteiger partial charge in [0.15, 0.2) is 5.69 Å². The van der Waals surface area contributed by atoms with Crippen LogP contribution in [0.1, 0.15) is 41.3 Å². The third-order valence-electron chi connectivity index (χ3n) is 4.03. The summed E-state index contributed by atoms with van der Waals surface area (Å²) in [6.45, 7) is 3.04. The van der Waals surface area contributed by atoms with Gasteiger partial charge in [-0.2, -0.15) is 0 Å². The Labute approximate surface area is 106 Å². The molecule has 2 aliphatic rings. The summed E-state index contributed by atoms with van der Waals surface area (Å²) < 4.78 is 2.16. The highest BCUT2D eigenvalue weighted by atomic mass is 16.4. The highest BCUT2D eigenvalue weighted by Gasteiger charge is 2.26. The van der Waals surface area contributed by atoms with Gasteiger partial charge < -0.3 is 15.0 Å². The van der Waals surface area contributed by atoms with Crippen LogP contribution in [0.2, 0.25) is 0 Å². The maximum absolute atomic E-state index is 11.2. The molecule has 2 N–H and O–H groups in total. The van der Waals surface area contributed by atoms with E-state index in [0.717, 1.165) is 56.8 Å². The number of fused-ring (bicyclic) bond motifs is 1. The third kappa shape index (κ3) is 2.03. The number of imidazole rings is 1. The largest absolute Gasteiger partial charge is 0.476 e. The van der Waals surface area contributed by atoms with Crippen LogP contribution in [0.15, 0.2) is 0 Å². The van der Waals surface area contributed by atoms with Crippen LogP contribution in [0, 0.1) is 5.92 Å². The molecule has 0 aromatic carbocycles. The number of hydrogen-bond donors (Lipinski definition) is 2. The molecule has 1 fully saturated rings. The summed E-state index contributed by atoms with van der Waals surface area (Å²) in [4.78, 5) is 15.6. The predicted octanol–water partition coefficient (Wildman–Crippen LogP) is 1.07. The highest BCUT2D eigenvalue weighted by Crippen LogP contribution is 2.24. The van der Waals surface area contributed by atoms with Gasteiger partial charge in [-0.25, -0.2) is 9.78 Å². The van der Waals surface area contributed by atoms with Gasteiger partial charge in [0.05, 0.1) is 5.69 Å². The van der Waals surface area contributed by atoms with Crippen molar-refractivity contribution in [3.8, 4) is 0 Å². The van der Waals surface area contributed by atoms with Gasteiger partial charge in [0.25, 0.3) is 0 Å². The molecule has 3 rings (SSSR count). The van der Waals surface area contributed by atoms with E-state index in [1.54, 1.807) is 0 Å². The fourth-order valence-corrected chi connectivity index (χ4v) is 3.09. The Morgan fingerprint density at radius 3 is 3.11 bits per heavy atom. The van der Waals surface area contributed by atoms with Crippen LogP contribution < -0.4 is 5.32 Å². The Bertz CT molecular complexity index is 461. The van der Waals surface area contributed by atoms with Crippen molar-refractivity contribution < 1.29 is 9.90 Å². The molecule has 18 heavy (non-hydrogen) atoms. The predicted molar refractivity (Wildman–Crippen MR) is 66.8 cm³/mol. The van der Waals surface area contributed by atoms with E-state index in [0.29, 0.717) is 5.92 Å². The van der Waals surface area contributed by atoms with Crippen LogP contribution in [0.5, 0.6) is 0 Å². The van der Waals surface area contributed by atoms with Crippen molar-refractivity contribution in [3.63, 3.8) is 0 Å². The summed E-state index contributed by atoms with van der Waals surface area (Å²) >= 11 is 0. The molecule has 0 radical (unpaired) electrons. The molecule has 0 aliphatic carbocycles. The Kier molecular flexibility index (Phi) is 3.07. The quantitative estimate of drug-likeness (QED) is 0.841. The number of carboxylic acids is 1. The number of carbonyl (C=O) groups is 1. The van der Waals surface area contributed by atoms with Crippen molar-refractivity contribution in [1.29, 1.82) is 0 Å². The van der Waals surface area contributed by atoms with Crippen molar-refractivity contribution in [2.45, 2.75) is 38.6 Å². The molecule has 3 heterocycles. The molecule has 1 unspecified atom stereocenters. The summed E-state index contributed by atoms with van der Waals surface area (Å²) in [5.41, 5.74) is 1.23. The molecule has 1 atom stereocenters. The lowest BCUT2D eigenvalue weighted by atomic mass is 10.0. The Morgan fingerprint density at radius 1 is 1.50 bits per heavy atom. The topological polar surface area (TPSA) is 67.2 Å². The molecule has 5 nitrogen and oxygen atoms in total. The van der Waals surface area contributed by atoms with Crippen LogP contribution in [-0.2, 0) is 19.4 Å². The molecular formula is C13H19N3O2. The molecule has 0 spiro atoms. The van der Waals surface area contributed by atoms with Gasteiger partial charge in [0, 0.05) is 13.0 Å². The van der Waals surface area contributed by atoms with E-state index >= 15 is 0 Å². The Morgan fingerprint density at radius 2 is 2.39 bits per heavy atom. The minimum atomic E-state index is -0.878. The van der Waals surface area contributed by atoms with E-state index in [1.807, 2.05) is 0 Å². The van der Waals surface area contributed by atoms with Crippen LogP contribution in [0.4, 0.5) is 0 Å². The molecule has 5 heteroatoms. The number of carboxylic acid groups (broad SMARTS) is 1. The third-order valence-corrected chi connectivity index (χ3v) is 4.03. The fraction of sp³-hybridized carbons (Fsp3) is 0.692. The smallest absolute Gasteiger partial charge is 0.356 e. The monoisotopic (exact) mass is 249 g/mol. The summed E-state index contributed by atoms with van der Waals surface area (Å²) in [5, 5.41) is 12.6. The maximum Gasteiger partial charge on any atom is 0.356 e. The maximum atomic E-state index is 11.2. The van der Waals surface area contributed by atoms with E-state index in [4.69, 9.17) is 0 Å². The SMILES string of the molecule is O=C(O)c1nc(CC2CCNC2)n2c1CCCC2. The van der Waals surface area contributed by atoms with E-state index in [9.17, 15) is 9.90 Å². The number of rotatable bonds is 3. The zero-order chi connectivity index (χ0) is 12.5. The van der Waals surface area contributed by atoms with E-state index in [-0.39, 0.29) is 5.69 Å². The van der Waals surface area contributed by atoms with Crippen molar-refractivity contribution in [2.75, 3.05) is 13.1 Å². The van der Waals surface area contributed by atoms with E-state index in [2.05, 4.69) is 14.9 Å². The number of aromatic nitrogens is 2. The van der Waals surface area contributed by atoms with E-state index < -0.39 is 5.97 Å². The van der Waals surface area contributed by atoms with Crippen molar-refractivity contribution >= 4 is 5.97 Å². The van der Waals surface area contributed by atoms with Crippen molar-refractivity contribution in [2.24, 2.45) is 5.92 Å². The summed E-state index contributed by atoms with van der Waals surface area (Å²) in [5.74, 6) is 0.715. The standard InChI is InChI=1S/C13H19N3O2/c17-13(18)12-10-3-1-2-6-16(10)11(15-12)7-9-4-5-14-8-9/h9,14H,1-8H2,(H,17,18). The molecule has 0 amide bonds. The van der Waals surface area contributed by atoms with Gasteiger partial charge >= 0.3 is 5.97 Å². The first kappa shape index (κ1) is 11.7. The number of nitrogens with zero attached hydrogens (tertiary/aromatic N) is 2. The average molecular weight is 249 g/mol. The molecule has 2 aliphatic heterocycles. The van der Waals surface area contributed by atoms with Gasteiger partial charge in [0.2, 0.25) is 0 Å². The molecule has 98 valence electrons. The first-order valence-electron chi connectivity index (χ1n) is 6.78. The average Bonchev–Trinajstić information content (AvgIpc) is 2.98. The summed E-state index contributed by atoms with van der Waals surface area (Å²) in [6, 6.07) is 0. The lowest BCUT2D eigenvalue weighted by Gasteiger charge is -2.18. The van der Waals surface area contributed by atoms with Gasteiger partial charge in [-0.3, -0.25) is 0 Å². The molecule has 1 saturated heterocycles.